The van der Waals surface area contributed by atoms with E-state index in [0.29, 0.717) is 31.1 Å². The van der Waals surface area contributed by atoms with Crippen molar-refractivity contribution in [2.24, 2.45) is 5.92 Å². The van der Waals surface area contributed by atoms with Crippen LogP contribution < -0.4 is 0 Å². The Bertz CT molecular complexity index is 439. The van der Waals surface area contributed by atoms with E-state index in [-0.39, 0.29) is 5.82 Å². The molecule has 1 aliphatic heterocycles. The Morgan fingerprint density at radius 3 is 2.65 bits per heavy atom. The summed E-state index contributed by atoms with van der Waals surface area (Å²) in [4.78, 5) is 1.95. The first-order valence-corrected chi connectivity index (χ1v) is 5.95. The number of β-amino-alcohol motifs (C(OH)–C–C–N with tert-alkyl or cyclic N) is 1. The van der Waals surface area contributed by atoms with Crippen LogP contribution in [0.25, 0.3) is 0 Å². The monoisotopic (exact) mass is 239 g/mol. The first kappa shape index (κ1) is 11.1. The maximum atomic E-state index is 13.4. The van der Waals surface area contributed by atoms with E-state index in [2.05, 4.69) is 0 Å². The highest BCUT2D eigenvalue weighted by Crippen LogP contribution is 2.44. The van der Waals surface area contributed by atoms with Gasteiger partial charge in [0.05, 0.1) is 5.60 Å². The van der Waals surface area contributed by atoms with E-state index in [1.807, 2.05) is 4.90 Å². The zero-order chi connectivity index (χ0) is 12.0. The van der Waals surface area contributed by atoms with Gasteiger partial charge in [0.25, 0.3) is 0 Å². The van der Waals surface area contributed by atoms with E-state index in [1.54, 1.807) is 0 Å². The van der Waals surface area contributed by atoms with Crippen molar-refractivity contribution in [3.8, 4) is 0 Å². The SMILES string of the molecule is OC1(C2CC2)CN(Cc2cc(F)ccc2F)C1. The fourth-order valence-electron chi connectivity index (χ4n) is 2.62. The summed E-state index contributed by atoms with van der Waals surface area (Å²) in [5, 5.41) is 10.1. The molecule has 1 N–H and O–H groups in total. The second kappa shape index (κ2) is 3.75. The van der Waals surface area contributed by atoms with Gasteiger partial charge >= 0.3 is 0 Å². The summed E-state index contributed by atoms with van der Waals surface area (Å²) in [6, 6.07) is 3.50. The van der Waals surface area contributed by atoms with Crippen LogP contribution in [0.5, 0.6) is 0 Å². The van der Waals surface area contributed by atoms with Crippen molar-refractivity contribution >= 4 is 0 Å². The highest BCUT2D eigenvalue weighted by Gasteiger charge is 2.51. The van der Waals surface area contributed by atoms with E-state index in [1.165, 1.54) is 6.07 Å². The first-order chi connectivity index (χ1) is 8.07. The highest BCUT2D eigenvalue weighted by molar-refractivity contribution is 5.20. The molecule has 1 heterocycles. The molecule has 3 rings (SSSR count). The summed E-state index contributed by atoms with van der Waals surface area (Å²) >= 11 is 0. The molecule has 1 aliphatic carbocycles. The van der Waals surface area contributed by atoms with Crippen molar-refractivity contribution < 1.29 is 13.9 Å². The van der Waals surface area contributed by atoms with Gasteiger partial charge < -0.3 is 5.11 Å². The standard InChI is InChI=1S/C13H15F2NO/c14-11-3-4-12(15)9(5-11)6-16-7-13(17,8-16)10-1-2-10/h3-5,10,17H,1-2,6-8H2. The molecule has 1 saturated heterocycles. The minimum atomic E-state index is -0.566. The number of nitrogens with zero attached hydrogens (tertiary/aromatic N) is 1. The predicted molar refractivity (Wildman–Crippen MR) is 59.3 cm³/mol. The van der Waals surface area contributed by atoms with E-state index >= 15 is 0 Å². The van der Waals surface area contributed by atoms with Crippen molar-refractivity contribution in [2.75, 3.05) is 13.1 Å². The third-order valence-electron chi connectivity index (χ3n) is 3.73. The van der Waals surface area contributed by atoms with Gasteiger partial charge in [-0.3, -0.25) is 4.90 Å². The van der Waals surface area contributed by atoms with Crippen LogP contribution in [0.4, 0.5) is 8.78 Å². The number of rotatable bonds is 3. The fourth-order valence-corrected chi connectivity index (χ4v) is 2.62. The molecular formula is C13H15F2NO. The normalized spacial score (nSPS) is 23.5. The van der Waals surface area contributed by atoms with Crippen LogP contribution in [0.3, 0.4) is 0 Å². The van der Waals surface area contributed by atoms with Gasteiger partial charge in [0, 0.05) is 25.2 Å². The third-order valence-corrected chi connectivity index (χ3v) is 3.73. The molecule has 0 atom stereocenters. The van der Waals surface area contributed by atoms with Crippen LogP contribution >= 0.6 is 0 Å². The molecule has 0 spiro atoms. The average Bonchev–Trinajstić information content (AvgIpc) is 3.04. The smallest absolute Gasteiger partial charge is 0.127 e. The third kappa shape index (κ3) is 2.07. The second-order valence-corrected chi connectivity index (χ2v) is 5.26. The maximum Gasteiger partial charge on any atom is 0.127 e. The minimum Gasteiger partial charge on any atom is -0.387 e. The van der Waals surface area contributed by atoms with E-state index in [9.17, 15) is 13.9 Å². The molecule has 1 aromatic rings. The summed E-state index contributed by atoms with van der Waals surface area (Å²) in [6.45, 7) is 1.53. The van der Waals surface area contributed by atoms with Gasteiger partial charge in [-0.15, -0.1) is 0 Å². The molecule has 0 aromatic heterocycles. The number of halogens is 2. The predicted octanol–water partition coefficient (Wildman–Crippen LogP) is 1.92. The quantitative estimate of drug-likeness (QED) is 0.871. The molecule has 92 valence electrons. The Hall–Kier alpha value is -1.00. The van der Waals surface area contributed by atoms with Crippen LogP contribution in [-0.4, -0.2) is 28.7 Å². The molecular weight excluding hydrogens is 224 g/mol. The van der Waals surface area contributed by atoms with Gasteiger partial charge in [-0.1, -0.05) is 0 Å². The van der Waals surface area contributed by atoms with Crippen molar-refractivity contribution in [1.82, 2.24) is 4.90 Å². The molecule has 2 aliphatic rings. The molecule has 2 nitrogen and oxygen atoms in total. The Morgan fingerprint density at radius 1 is 1.29 bits per heavy atom. The average molecular weight is 239 g/mol. The molecule has 1 aromatic carbocycles. The van der Waals surface area contributed by atoms with Crippen LogP contribution in [0.2, 0.25) is 0 Å². The molecule has 0 unspecified atom stereocenters. The Balaban J connectivity index is 1.63. The molecule has 0 radical (unpaired) electrons. The Labute approximate surface area is 98.9 Å². The first-order valence-electron chi connectivity index (χ1n) is 5.95. The van der Waals surface area contributed by atoms with E-state index in [4.69, 9.17) is 0 Å². The zero-order valence-electron chi connectivity index (χ0n) is 9.50. The minimum absolute atomic E-state index is 0.364. The summed E-state index contributed by atoms with van der Waals surface area (Å²) in [5.74, 6) is -0.372. The van der Waals surface area contributed by atoms with Crippen LogP contribution in [0, 0.1) is 17.6 Å². The number of benzene rings is 1. The van der Waals surface area contributed by atoms with Gasteiger partial charge in [-0.2, -0.15) is 0 Å². The lowest BCUT2D eigenvalue weighted by molar-refractivity contribution is -0.116. The summed E-state index contributed by atoms with van der Waals surface area (Å²) in [6.07, 6.45) is 2.19. The van der Waals surface area contributed by atoms with Gasteiger partial charge in [0.1, 0.15) is 11.6 Å². The van der Waals surface area contributed by atoms with E-state index in [0.717, 1.165) is 25.0 Å². The van der Waals surface area contributed by atoms with E-state index < -0.39 is 11.4 Å². The van der Waals surface area contributed by atoms with Crippen LogP contribution in [0.1, 0.15) is 18.4 Å². The van der Waals surface area contributed by atoms with Gasteiger partial charge in [0.2, 0.25) is 0 Å². The van der Waals surface area contributed by atoms with Crippen LogP contribution in [0.15, 0.2) is 18.2 Å². The van der Waals surface area contributed by atoms with Crippen LogP contribution in [-0.2, 0) is 6.54 Å². The van der Waals surface area contributed by atoms with Crippen molar-refractivity contribution in [1.29, 1.82) is 0 Å². The number of hydrogen-bond acceptors (Lipinski definition) is 2. The molecule has 2 fully saturated rings. The lowest BCUT2D eigenvalue weighted by Crippen LogP contribution is -2.62. The maximum absolute atomic E-state index is 13.4. The molecule has 4 heteroatoms. The molecule has 1 saturated carbocycles. The van der Waals surface area contributed by atoms with Crippen molar-refractivity contribution in [2.45, 2.75) is 25.0 Å². The lowest BCUT2D eigenvalue weighted by Gasteiger charge is -2.47. The molecule has 0 bridgehead atoms. The lowest BCUT2D eigenvalue weighted by atomic mass is 9.88. The largest absolute Gasteiger partial charge is 0.387 e. The Kier molecular flexibility index (Phi) is 2.45. The number of hydrogen-bond donors (Lipinski definition) is 1. The van der Waals surface area contributed by atoms with Crippen molar-refractivity contribution in [3.63, 3.8) is 0 Å². The summed E-state index contributed by atoms with van der Waals surface area (Å²) in [7, 11) is 0. The molecule has 17 heavy (non-hydrogen) atoms. The summed E-state index contributed by atoms with van der Waals surface area (Å²) in [5.41, 5.74) is -0.202. The summed E-state index contributed by atoms with van der Waals surface area (Å²) < 4.78 is 26.4. The number of likely N-dealkylation sites (tertiary alicyclic amines) is 1. The van der Waals surface area contributed by atoms with Crippen molar-refractivity contribution in [3.05, 3.63) is 35.4 Å². The second-order valence-electron chi connectivity index (χ2n) is 5.26. The number of aliphatic hydroxyl groups is 1. The molecule has 0 amide bonds. The topological polar surface area (TPSA) is 23.5 Å². The Morgan fingerprint density at radius 2 is 2.00 bits per heavy atom. The van der Waals surface area contributed by atoms with Gasteiger partial charge in [-0.25, -0.2) is 8.78 Å². The zero-order valence-corrected chi connectivity index (χ0v) is 9.50. The van der Waals surface area contributed by atoms with Gasteiger partial charge in [0.15, 0.2) is 0 Å². The van der Waals surface area contributed by atoms with Gasteiger partial charge in [-0.05, 0) is 37.0 Å². The highest BCUT2D eigenvalue weighted by atomic mass is 19.1. The fraction of sp³-hybridized carbons (Fsp3) is 0.538.